The Morgan fingerprint density at radius 3 is 2.64 bits per heavy atom. The van der Waals surface area contributed by atoms with Gasteiger partial charge in [-0.1, -0.05) is 42.5 Å². The number of non-ortho nitro benzene ring substituents is 1. The van der Waals surface area contributed by atoms with Crippen LogP contribution in [-0.2, 0) is 4.79 Å². The number of carbonyl (C=O) groups is 1. The molecule has 2 aromatic rings. The molecule has 25 heavy (non-hydrogen) atoms. The Labute approximate surface area is 145 Å². The maximum Gasteiger partial charge on any atom is 0.271 e. The molecule has 0 radical (unpaired) electrons. The van der Waals surface area contributed by atoms with Gasteiger partial charge in [-0.3, -0.25) is 14.9 Å². The molecule has 0 atom stereocenters. The summed E-state index contributed by atoms with van der Waals surface area (Å²) in [6.45, 7) is 1.38. The Bertz CT molecular complexity index is 803. The van der Waals surface area contributed by atoms with Gasteiger partial charge in [-0.2, -0.15) is 0 Å². The van der Waals surface area contributed by atoms with Gasteiger partial charge in [0.25, 0.3) is 5.69 Å². The Kier molecular flexibility index (Phi) is 5.09. The molecule has 1 heterocycles. The zero-order valence-corrected chi connectivity index (χ0v) is 13.7. The van der Waals surface area contributed by atoms with E-state index in [-0.39, 0.29) is 18.1 Å². The minimum atomic E-state index is -0.451. The van der Waals surface area contributed by atoms with Crippen molar-refractivity contribution >= 4 is 22.9 Å². The summed E-state index contributed by atoms with van der Waals surface area (Å²) in [4.78, 5) is 24.5. The summed E-state index contributed by atoms with van der Waals surface area (Å²) in [5, 5.41) is 13.7. The van der Waals surface area contributed by atoms with Gasteiger partial charge >= 0.3 is 0 Å². The molecule has 0 aromatic heterocycles. The number of nitro benzene ring substituents is 1. The lowest BCUT2D eigenvalue weighted by atomic mass is 9.99. The highest BCUT2D eigenvalue weighted by molar-refractivity contribution is 5.82. The topological polar surface area (TPSA) is 75.5 Å². The summed E-state index contributed by atoms with van der Waals surface area (Å²) in [7, 11) is 0. The van der Waals surface area contributed by atoms with Crippen molar-refractivity contribution in [3.05, 3.63) is 76.4 Å². The number of anilines is 1. The average Bonchev–Trinajstić information content (AvgIpc) is 2.67. The van der Waals surface area contributed by atoms with Gasteiger partial charge in [0.1, 0.15) is 0 Å². The molecule has 0 saturated heterocycles. The van der Waals surface area contributed by atoms with Crippen molar-refractivity contribution in [3.8, 4) is 0 Å². The van der Waals surface area contributed by atoms with E-state index in [9.17, 15) is 14.9 Å². The van der Waals surface area contributed by atoms with Crippen LogP contribution in [0, 0.1) is 10.1 Å². The Hall–Kier alpha value is -3.15. The molecule has 0 bridgehead atoms. The zero-order chi connectivity index (χ0) is 17.6. The van der Waals surface area contributed by atoms with Crippen LogP contribution in [0.1, 0.15) is 12.0 Å². The molecule has 1 aliphatic heterocycles. The van der Waals surface area contributed by atoms with E-state index in [1.807, 2.05) is 18.2 Å². The summed E-state index contributed by atoms with van der Waals surface area (Å²) in [6, 6.07) is 16.3. The predicted octanol–water partition coefficient (Wildman–Crippen LogP) is 3.32. The summed E-state index contributed by atoms with van der Waals surface area (Å²) < 4.78 is 0. The first-order chi connectivity index (χ1) is 12.1. The molecule has 0 saturated carbocycles. The normalized spacial score (nSPS) is 13.9. The molecule has 0 fully saturated rings. The lowest BCUT2D eigenvalue weighted by Gasteiger charge is -2.27. The van der Waals surface area contributed by atoms with Gasteiger partial charge in [0.05, 0.1) is 11.5 Å². The van der Waals surface area contributed by atoms with E-state index in [0.717, 1.165) is 6.42 Å². The molecule has 2 aromatic carbocycles. The quantitative estimate of drug-likeness (QED) is 0.671. The minimum absolute atomic E-state index is 0.00542. The van der Waals surface area contributed by atoms with Crippen LogP contribution in [0.25, 0.3) is 5.57 Å². The second-order valence-corrected chi connectivity index (χ2v) is 5.85. The Balaban J connectivity index is 1.55. The van der Waals surface area contributed by atoms with Gasteiger partial charge in [-0.05, 0) is 23.6 Å². The lowest BCUT2D eigenvalue weighted by Crippen LogP contribution is -2.38. The lowest BCUT2D eigenvalue weighted by molar-refractivity contribution is -0.384. The first-order valence-corrected chi connectivity index (χ1v) is 8.14. The summed E-state index contributed by atoms with van der Waals surface area (Å²) >= 11 is 0. The van der Waals surface area contributed by atoms with Crippen molar-refractivity contribution in [3.63, 3.8) is 0 Å². The number of amides is 1. The Morgan fingerprint density at radius 1 is 1.16 bits per heavy atom. The van der Waals surface area contributed by atoms with Crippen LogP contribution in [0.5, 0.6) is 0 Å². The first-order valence-electron chi connectivity index (χ1n) is 8.14. The van der Waals surface area contributed by atoms with E-state index in [1.54, 1.807) is 17.0 Å². The molecule has 6 heteroatoms. The molecule has 1 aliphatic rings. The molecule has 1 amide bonds. The summed E-state index contributed by atoms with van der Waals surface area (Å²) in [5.41, 5.74) is 3.03. The number of benzene rings is 2. The molecule has 1 N–H and O–H groups in total. The van der Waals surface area contributed by atoms with Gasteiger partial charge in [-0.15, -0.1) is 0 Å². The van der Waals surface area contributed by atoms with Crippen LogP contribution in [0.15, 0.2) is 60.7 Å². The van der Waals surface area contributed by atoms with Gasteiger partial charge < -0.3 is 10.2 Å². The maximum absolute atomic E-state index is 12.3. The minimum Gasteiger partial charge on any atom is -0.376 e. The highest BCUT2D eigenvalue weighted by atomic mass is 16.6. The largest absolute Gasteiger partial charge is 0.376 e. The number of nitrogens with zero attached hydrogens (tertiary/aromatic N) is 2. The fourth-order valence-electron chi connectivity index (χ4n) is 2.83. The first kappa shape index (κ1) is 16.7. The van der Waals surface area contributed by atoms with Crippen LogP contribution in [0.2, 0.25) is 0 Å². The number of carbonyl (C=O) groups excluding carboxylic acids is 1. The monoisotopic (exact) mass is 337 g/mol. The van der Waals surface area contributed by atoms with Gasteiger partial charge in [0.15, 0.2) is 0 Å². The predicted molar refractivity (Wildman–Crippen MR) is 97.2 cm³/mol. The van der Waals surface area contributed by atoms with Crippen molar-refractivity contribution in [2.75, 3.05) is 25.0 Å². The van der Waals surface area contributed by atoms with E-state index in [1.165, 1.54) is 23.3 Å². The third kappa shape index (κ3) is 4.23. The third-order valence-corrected chi connectivity index (χ3v) is 4.21. The Morgan fingerprint density at radius 2 is 1.96 bits per heavy atom. The molecule has 0 unspecified atom stereocenters. The summed E-state index contributed by atoms with van der Waals surface area (Å²) in [6.07, 6.45) is 2.91. The van der Waals surface area contributed by atoms with Crippen LogP contribution in [-0.4, -0.2) is 35.4 Å². The molecule has 3 rings (SSSR count). The fraction of sp³-hybridized carbons (Fsp3) is 0.211. The second kappa shape index (κ2) is 7.61. The molecule has 128 valence electrons. The standard InChI is InChI=1S/C19H19N3O3/c23-19(14-20-17-7-4-8-18(13-17)22(24)25)21-11-9-16(10-12-21)15-5-2-1-3-6-15/h1-9,13,20H,10-12,14H2. The van der Waals surface area contributed by atoms with Crippen molar-refractivity contribution in [1.82, 2.24) is 4.90 Å². The van der Waals surface area contributed by atoms with Crippen LogP contribution in [0.4, 0.5) is 11.4 Å². The SMILES string of the molecule is O=C(CNc1cccc([N+](=O)[O-])c1)N1CC=C(c2ccccc2)CC1. The van der Waals surface area contributed by atoms with Crippen molar-refractivity contribution < 1.29 is 9.72 Å². The van der Waals surface area contributed by atoms with Crippen molar-refractivity contribution in [2.45, 2.75) is 6.42 Å². The fourth-order valence-corrected chi connectivity index (χ4v) is 2.83. The highest BCUT2D eigenvalue weighted by Crippen LogP contribution is 2.22. The smallest absolute Gasteiger partial charge is 0.271 e. The van der Waals surface area contributed by atoms with Gasteiger partial charge in [0.2, 0.25) is 5.91 Å². The van der Waals surface area contributed by atoms with E-state index in [2.05, 4.69) is 23.5 Å². The van der Waals surface area contributed by atoms with Crippen LogP contribution in [0.3, 0.4) is 0 Å². The maximum atomic E-state index is 12.3. The van der Waals surface area contributed by atoms with Crippen molar-refractivity contribution in [2.24, 2.45) is 0 Å². The molecule has 0 aliphatic carbocycles. The zero-order valence-electron chi connectivity index (χ0n) is 13.7. The number of hydrogen-bond donors (Lipinski definition) is 1. The molecule has 6 nitrogen and oxygen atoms in total. The number of rotatable bonds is 5. The van der Waals surface area contributed by atoms with E-state index in [4.69, 9.17) is 0 Å². The van der Waals surface area contributed by atoms with E-state index < -0.39 is 4.92 Å². The highest BCUT2D eigenvalue weighted by Gasteiger charge is 2.17. The molecule has 0 spiro atoms. The van der Waals surface area contributed by atoms with Gasteiger partial charge in [-0.25, -0.2) is 0 Å². The number of nitrogens with one attached hydrogen (secondary N) is 1. The van der Waals surface area contributed by atoms with Gasteiger partial charge in [0, 0.05) is 30.9 Å². The van der Waals surface area contributed by atoms with Crippen LogP contribution >= 0.6 is 0 Å². The van der Waals surface area contributed by atoms with Crippen molar-refractivity contribution in [1.29, 1.82) is 0 Å². The van der Waals surface area contributed by atoms with E-state index >= 15 is 0 Å². The number of hydrogen-bond acceptors (Lipinski definition) is 4. The third-order valence-electron chi connectivity index (χ3n) is 4.21. The summed E-state index contributed by atoms with van der Waals surface area (Å²) in [5.74, 6) is -0.0186. The number of nitro groups is 1. The van der Waals surface area contributed by atoms with Crippen LogP contribution < -0.4 is 5.32 Å². The molecular weight excluding hydrogens is 318 g/mol. The molecular formula is C19H19N3O3. The average molecular weight is 337 g/mol. The second-order valence-electron chi connectivity index (χ2n) is 5.85. The van der Waals surface area contributed by atoms with E-state index in [0.29, 0.717) is 18.8 Å².